The summed E-state index contributed by atoms with van der Waals surface area (Å²) in [5.74, 6) is -1.73. The average Bonchev–Trinajstić information content (AvgIpc) is 2.82. The van der Waals surface area contributed by atoms with Crippen LogP contribution in [0.25, 0.3) is 0 Å². The fourth-order valence-corrected chi connectivity index (χ4v) is 4.47. The van der Waals surface area contributed by atoms with Crippen molar-refractivity contribution in [3.63, 3.8) is 0 Å². The number of carbonyl (C=O) groups excluding carboxylic acids is 1. The van der Waals surface area contributed by atoms with Gasteiger partial charge < -0.3 is 64.2 Å². The number of rotatable bonds is 6. The topological polar surface area (TPSA) is 214 Å². The van der Waals surface area contributed by atoms with E-state index in [-0.39, 0.29) is 25.2 Å². The monoisotopic (exact) mass is 506 g/mol. The quantitative estimate of drug-likeness (QED) is 0.135. The van der Waals surface area contributed by atoms with E-state index in [1.165, 1.54) is 6.08 Å². The third kappa shape index (κ3) is 4.84. The number of aliphatic hydroxyl groups excluding tert-OH is 6. The number of hydrogen-bond acceptors (Lipinski definition) is 14. The van der Waals surface area contributed by atoms with Crippen molar-refractivity contribution in [2.24, 2.45) is 5.92 Å². The van der Waals surface area contributed by atoms with Crippen LogP contribution in [0.15, 0.2) is 24.5 Å². The van der Waals surface area contributed by atoms with Gasteiger partial charge in [0.05, 0.1) is 32.0 Å². The summed E-state index contributed by atoms with van der Waals surface area (Å²) in [6.07, 6.45) is -12.7. The molecule has 3 saturated heterocycles. The van der Waals surface area contributed by atoms with E-state index in [2.05, 4.69) is 6.58 Å². The van der Waals surface area contributed by atoms with Gasteiger partial charge in [0.25, 0.3) is 0 Å². The standard InChI is InChI=1S/C21H30O14/c1-2-8-18(31-5-9-17(28)30-4-3-21(8,9)29)35-20-16(27)14(25)13(24)11(34-20)7-33-19-15(26)12(23)10(22)6-32-19/h2,5,8,10-16,18-20,22-27,29H,1,3-4,6-7H2/t8-,10+,11+,12-,13+,14-,15+,16+,18-,19-,20-,21+/m0/s1. The number of ether oxygens (including phenoxy) is 6. The molecule has 3 fully saturated rings. The molecule has 4 aliphatic heterocycles. The van der Waals surface area contributed by atoms with E-state index < -0.39 is 85.7 Å². The van der Waals surface area contributed by atoms with Crippen LogP contribution in [0.3, 0.4) is 0 Å². The molecule has 0 aromatic carbocycles. The zero-order valence-corrected chi connectivity index (χ0v) is 18.5. The van der Waals surface area contributed by atoms with Gasteiger partial charge in [0, 0.05) is 6.42 Å². The van der Waals surface area contributed by atoms with Crippen LogP contribution in [0.2, 0.25) is 0 Å². The summed E-state index contributed by atoms with van der Waals surface area (Å²) in [5.41, 5.74) is -1.82. The maximum atomic E-state index is 12.0. The predicted octanol–water partition coefficient (Wildman–Crippen LogP) is -4.01. The van der Waals surface area contributed by atoms with E-state index in [1.54, 1.807) is 0 Å². The number of cyclic esters (lactones) is 1. The van der Waals surface area contributed by atoms with Crippen molar-refractivity contribution in [1.82, 2.24) is 0 Å². The number of carbonyl (C=O) groups is 1. The number of aliphatic hydroxyl groups is 7. The highest BCUT2D eigenvalue weighted by Gasteiger charge is 2.54. The third-order valence-electron chi connectivity index (χ3n) is 6.64. The summed E-state index contributed by atoms with van der Waals surface area (Å²) >= 11 is 0. The molecule has 198 valence electrons. The second kappa shape index (κ2) is 10.4. The molecule has 12 atom stereocenters. The Morgan fingerprint density at radius 2 is 1.74 bits per heavy atom. The normalized spacial score (nSPS) is 48.3. The molecule has 0 radical (unpaired) electrons. The fraction of sp³-hybridized carbons (Fsp3) is 0.762. The predicted molar refractivity (Wildman–Crippen MR) is 109 cm³/mol. The molecule has 4 aliphatic rings. The molecular weight excluding hydrogens is 476 g/mol. The van der Waals surface area contributed by atoms with E-state index in [9.17, 15) is 40.5 Å². The van der Waals surface area contributed by atoms with Gasteiger partial charge in [-0.2, -0.15) is 0 Å². The Morgan fingerprint density at radius 3 is 2.46 bits per heavy atom. The van der Waals surface area contributed by atoms with E-state index in [4.69, 9.17) is 28.4 Å². The third-order valence-corrected chi connectivity index (χ3v) is 6.64. The Morgan fingerprint density at radius 1 is 1.03 bits per heavy atom. The molecule has 0 aliphatic carbocycles. The Balaban J connectivity index is 1.44. The van der Waals surface area contributed by atoms with Gasteiger partial charge in [-0.3, -0.25) is 0 Å². The van der Waals surface area contributed by atoms with E-state index in [0.717, 1.165) is 6.26 Å². The van der Waals surface area contributed by atoms with Gasteiger partial charge >= 0.3 is 5.97 Å². The van der Waals surface area contributed by atoms with Gasteiger partial charge in [0.15, 0.2) is 12.6 Å². The molecule has 0 saturated carbocycles. The molecule has 4 heterocycles. The van der Waals surface area contributed by atoms with Gasteiger partial charge in [-0.25, -0.2) is 4.79 Å². The lowest BCUT2D eigenvalue weighted by atomic mass is 9.76. The molecule has 14 nitrogen and oxygen atoms in total. The highest BCUT2D eigenvalue weighted by Crippen LogP contribution is 2.42. The molecule has 0 aromatic rings. The molecule has 0 aromatic heterocycles. The van der Waals surface area contributed by atoms with E-state index >= 15 is 0 Å². The van der Waals surface area contributed by atoms with Crippen LogP contribution in [0.1, 0.15) is 6.42 Å². The van der Waals surface area contributed by atoms with Gasteiger partial charge in [-0.15, -0.1) is 6.58 Å². The van der Waals surface area contributed by atoms with Crippen LogP contribution < -0.4 is 0 Å². The summed E-state index contributed by atoms with van der Waals surface area (Å²) in [4.78, 5) is 12.0. The van der Waals surface area contributed by atoms with E-state index in [1.807, 2.05) is 0 Å². The molecule has 0 amide bonds. The first-order valence-corrected chi connectivity index (χ1v) is 11.1. The maximum absolute atomic E-state index is 12.0. The van der Waals surface area contributed by atoms with Crippen LogP contribution in [0.5, 0.6) is 0 Å². The molecular formula is C21H30O14. The van der Waals surface area contributed by atoms with Crippen LogP contribution in [0, 0.1) is 5.92 Å². The Bertz CT molecular complexity index is 820. The van der Waals surface area contributed by atoms with Crippen molar-refractivity contribution < 1.29 is 69.0 Å². The summed E-state index contributed by atoms with van der Waals surface area (Å²) in [6.45, 7) is 2.84. The zero-order chi connectivity index (χ0) is 25.5. The van der Waals surface area contributed by atoms with Gasteiger partial charge in [-0.05, 0) is 0 Å². The maximum Gasteiger partial charge on any atom is 0.340 e. The second-order valence-electron chi connectivity index (χ2n) is 8.84. The van der Waals surface area contributed by atoms with Crippen molar-refractivity contribution in [3.8, 4) is 0 Å². The Labute approximate surface area is 199 Å². The molecule has 0 spiro atoms. The lowest BCUT2D eigenvalue weighted by Gasteiger charge is -2.46. The van der Waals surface area contributed by atoms with Crippen LogP contribution in [0.4, 0.5) is 0 Å². The van der Waals surface area contributed by atoms with E-state index in [0.29, 0.717) is 0 Å². The zero-order valence-electron chi connectivity index (χ0n) is 18.5. The molecule has 7 N–H and O–H groups in total. The Hall–Kier alpha value is -1.69. The SMILES string of the molecule is C=C[C@H]1[C@H](O[C@@H]2O[C@H](CO[C@@H]3OC[C@@H](O)[C@H](O)[C@H]3O)[C@@H](O)[C@H](O)[C@H]2O)OC=C2C(=O)OCC[C@]21O. The number of fused-ring (bicyclic) bond motifs is 1. The smallest absolute Gasteiger partial charge is 0.340 e. The number of hydrogen-bond donors (Lipinski definition) is 7. The molecule has 14 heteroatoms. The molecule has 35 heavy (non-hydrogen) atoms. The van der Waals surface area contributed by atoms with Crippen molar-refractivity contribution >= 4 is 5.97 Å². The molecule has 4 rings (SSSR count). The minimum atomic E-state index is -1.74. The summed E-state index contributed by atoms with van der Waals surface area (Å²) in [5, 5.41) is 71.5. The van der Waals surface area contributed by atoms with Crippen LogP contribution >= 0.6 is 0 Å². The number of esters is 1. The summed E-state index contributed by atoms with van der Waals surface area (Å²) in [6, 6.07) is 0. The first-order chi connectivity index (χ1) is 16.6. The molecule has 0 unspecified atom stereocenters. The van der Waals surface area contributed by atoms with Gasteiger partial charge in [-0.1, -0.05) is 6.08 Å². The minimum Gasteiger partial charge on any atom is -0.471 e. The van der Waals surface area contributed by atoms with Gasteiger partial charge in [0.2, 0.25) is 6.29 Å². The first kappa shape index (κ1) is 26.4. The summed E-state index contributed by atoms with van der Waals surface area (Å²) in [7, 11) is 0. The average molecular weight is 506 g/mol. The largest absolute Gasteiger partial charge is 0.471 e. The van der Waals surface area contributed by atoms with Crippen molar-refractivity contribution in [2.75, 3.05) is 19.8 Å². The lowest BCUT2D eigenvalue weighted by Crippen LogP contribution is -2.62. The Kier molecular flexibility index (Phi) is 7.80. The van der Waals surface area contributed by atoms with Gasteiger partial charge in [0.1, 0.15) is 53.9 Å². The van der Waals surface area contributed by atoms with Crippen LogP contribution in [-0.4, -0.2) is 129 Å². The fourth-order valence-electron chi connectivity index (χ4n) is 4.47. The molecule has 0 bridgehead atoms. The first-order valence-electron chi connectivity index (χ1n) is 11.1. The minimum absolute atomic E-state index is 0.0423. The second-order valence-corrected chi connectivity index (χ2v) is 8.84. The lowest BCUT2D eigenvalue weighted by molar-refractivity contribution is -0.352. The highest BCUT2D eigenvalue weighted by molar-refractivity contribution is 5.91. The van der Waals surface area contributed by atoms with Crippen molar-refractivity contribution in [1.29, 1.82) is 0 Å². The van der Waals surface area contributed by atoms with Crippen molar-refractivity contribution in [3.05, 3.63) is 24.5 Å². The summed E-state index contributed by atoms with van der Waals surface area (Å²) < 4.78 is 32.1. The van der Waals surface area contributed by atoms with Crippen molar-refractivity contribution in [2.45, 2.75) is 73.6 Å². The highest BCUT2D eigenvalue weighted by atomic mass is 16.8. The van der Waals surface area contributed by atoms with Crippen LogP contribution in [-0.2, 0) is 33.2 Å².